The lowest BCUT2D eigenvalue weighted by Crippen LogP contribution is -1.98. The van der Waals surface area contributed by atoms with Crippen molar-refractivity contribution in [2.45, 2.75) is 6.92 Å². The second-order valence-electron chi connectivity index (χ2n) is 5.65. The van der Waals surface area contributed by atoms with E-state index in [1.807, 2.05) is 31.2 Å². The molecule has 0 amide bonds. The van der Waals surface area contributed by atoms with Crippen molar-refractivity contribution in [2.24, 2.45) is 0 Å². The number of carbonyl (C=O) groups is 1. The lowest BCUT2D eigenvalue weighted by molar-refractivity contribution is 0.0696. The first-order valence-corrected chi connectivity index (χ1v) is 7.67. The molecular weight excluding hydrogens is 300 g/mol. The second kappa shape index (κ2) is 6.59. The Morgan fingerprint density at radius 2 is 1.62 bits per heavy atom. The third-order valence-corrected chi connectivity index (χ3v) is 4.04. The van der Waals surface area contributed by atoms with Gasteiger partial charge in [0.25, 0.3) is 0 Å². The molecule has 0 fully saturated rings. The van der Waals surface area contributed by atoms with Crippen LogP contribution >= 0.6 is 0 Å². The fraction of sp³-hybridized carbons (Fsp3) is 0.0952. The molecule has 0 atom stereocenters. The summed E-state index contributed by atoms with van der Waals surface area (Å²) in [5.41, 5.74) is 5.35. The monoisotopic (exact) mass is 318 g/mol. The Morgan fingerprint density at radius 3 is 2.29 bits per heavy atom. The van der Waals surface area contributed by atoms with E-state index in [9.17, 15) is 9.90 Å². The highest BCUT2D eigenvalue weighted by molar-refractivity contribution is 5.90. The molecule has 3 aromatic rings. The molecule has 120 valence electrons. The van der Waals surface area contributed by atoms with Crippen LogP contribution in [0.25, 0.3) is 22.3 Å². The molecule has 3 rings (SSSR count). The largest absolute Gasteiger partial charge is 0.497 e. The van der Waals surface area contributed by atoms with Crippen LogP contribution in [-0.4, -0.2) is 18.2 Å². The van der Waals surface area contributed by atoms with Crippen molar-refractivity contribution in [2.75, 3.05) is 7.11 Å². The number of hydrogen-bond donors (Lipinski definition) is 1. The molecule has 24 heavy (non-hydrogen) atoms. The Labute approximate surface area is 141 Å². The van der Waals surface area contributed by atoms with E-state index < -0.39 is 5.97 Å². The predicted octanol–water partition coefficient (Wildman–Crippen LogP) is 5.04. The summed E-state index contributed by atoms with van der Waals surface area (Å²) in [6.07, 6.45) is 0. The van der Waals surface area contributed by atoms with Gasteiger partial charge in [0.2, 0.25) is 0 Å². The van der Waals surface area contributed by atoms with Gasteiger partial charge in [0, 0.05) is 0 Å². The molecule has 0 aliphatic carbocycles. The van der Waals surface area contributed by atoms with Crippen LogP contribution < -0.4 is 4.74 Å². The number of aromatic carboxylic acids is 1. The summed E-state index contributed by atoms with van der Waals surface area (Å²) in [4.78, 5) is 11.4. The molecule has 0 saturated heterocycles. The smallest absolute Gasteiger partial charge is 0.335 e. The van der Waals surface area contributed by atoms with Crippen LogP contribution in [0.1, 0.15) is 15.9 Å². The number of ether oxygens (including phenoxy) is 1. The molecule has 0 aliphatic heterocycles. The van der Waals surface area contributed by atoms with E-state index in [1.54, 1.807) is 6.07 Å². The zero-order chi connectivity index (χ0) is 17.1. The summed E-state index contributed by atoms with van der Waals surface area (Å²) in [7, 11) is 1.54. The standard InChI is InChI=1S/C21H18O3/c1-14-8-9-16(15-6-4-3-5-7-15)13-20(14)17-10-18(21(22)23)12-19(11-17)24-2/h3-13H,1-2H3,(H,22,23). The van der Waals surface area contributed by atoms with Crippen LogP contribution in [-0.2, 0) is 0 Å². The van der Waals surface area contributed by atoms with E-state index in [1.165, 1.54) is 13.2 Å². The lowest BCUT2D eigenvalue weighted by Gasteiger charge is -2.12. The van der Waals surface area contributed by atoms with Crippen LogP contribution in [0.3, 0.4) is 0 Å². The molecule has 0 radical (unpaired) electrons. The number of aryl methyl sites for hydroxylation is 1. The number of carboxylic acids is 1. The van der Waals surface area contributed by atoms with Gasteiger partial charge < -0.3 is 9.84 Å². The first-order valence-electron chi connectivity index (χ1n) is 7.67. The van der Waals surface area contributed by atoms with Gasteiger partial charge in [-0.1, -0.05) is 42.5 Å². The highest BCUT2D eigenvalue weighted by atomic mass is 16.5. The van der Waals surface area contributed by atoms with Crippen molar-refractivity contribution in [3.63, 3.8) is 0 Å². The third-order valence-electron chi connectivity index (χ3n) is 4.04. The van der Waals surface area contributed by atoms with Crippen LogP contribution in [0.15, 0.2) is 66.7 Å². The maximum atomic E-state index is 11.4. The summed E-state index contributed by atoms with van der Waals surface area (Å²) in [5, 5.41) is 9.32. The Kier molecular flexibility index (Phi) is 4.34. The van der Waals surface area contributed by atoms with Crippen molar-refractivity contribution in [3.05, 3.63) is 77.9 Å². The number of benzene rings is 3. The van der Waals surface area contributed by atoms with Crippen molar-refractivity contribution < 1.29 is 14.6 Å². The van der Waals surface area contributed by atoms with Crippen molar-refractivity contribution in [3.8, 4) is 28.0 Å². The van der Waals surface area contributed by atoms with Crippen molar-refractivity contribution in [1.29, 1.82) is 0 Å². The lowest BCUT2D eigenvalue weighted by atomic mass is 9.94. The predicted molar refractivity (Wildman–Crippen MR) is 95.6 cm³/mol. The van der Waals surface area contributed by atoms with E-state index in [-0.39, 0.29) is 5.56 Å². The fourth-order valence-electron chi connectivity index (χ4n) is 2.74. The molecule has 0 aromatic heterocycles. The molecule has 3 nitrogen and oxygen atoms in total. The number of carboxylic acid groups (broad SMARTS) is 1. The molecule has 0 saturated carbocycles. The highest BCUT2D eigenvalue weighted by Gasteiger charge is 2.11. The summed E-state index contributed by atoms with van der Waals surface area (Å²) in [6, 6.07) is 21.4. The van der Waals surface area contributed by atoms with E-state index in [0.29, 0.717) is 5.75 Å². The van der Waals surface area contributed by atoms with Gasteiger partial charge in [0.1, 0.15) is 5.75 Å². The van der Waals surface area contributed by atoms with E-state index in [2.05, 4.69) is 30.3 Å². The molecular formula is C21H18O3. The number of methoxy groups -OCH3 is 1. The fourth-order valence-corrected chi connectivity index (χ4v) is 2.74. The minimum absolute atomic E-state index is 0.217. The summed E-state index contributed by atoms with van der Waals surface area (Å²) < 4.78 is 5.26. The quantitative estimate of drug-likeness (QED) is 0.733. The first-order chi connectivity index (χ1) is 11.6. The van der Waals surface area contributed by atoms with Crippen LogP contribution in [0, 0.1) is 6.92 Å². The molecule has 1 N–H and O–H groups in total. The van der Waals surface area contributed by atoms with E-state index >= 15 is 0 Å². The summed E-state index contributed by atoms with van der Waals surface area (Å²) in [6.45, 7) is 2.02. The van der Waals surface area contributed by atoms with Crippen molar-refractivity contribution in [1.82, 2.24) is 0 Å². The number of rotatable bonds is 4. The zero-order valence-corrected chi connectivity index (χ0v) is 13.6. The van der Waals surface area contributed by atoms with Gasteiger partial charge in [0.05, 0.1) is 12.7 Å². The van der Waals surface area contributed by atoms with Gasteiger partial charge >= 0.3 is 5.97 Å². The molecule has 0 bridgehead atoms. The SMILES string of the molecule is COc1cc(C(=O)O)cc(-c2cc(-c3ccccc3)ccc2C)c1. The maximum absolute atomic E-state index is 11.4. The zero-order valence-electron chi connectivity index (χ0n) is 13.6. The maximum Gasteiger partial charge on any atom is 0.335 e. The Balaban J connectivity index is 2.15. The van der Waals surface area contributed by atoms with Gasteiger partial charge in [-0.15, -0.1) is 0 Å². The van der Waals surface area contributed by atoms with E-state index in [4.69, 9.17) is 4.74 Å². The summed E-state index contributed by atoms with van der Waals surface area (Å²) >= 11 is 0. The topological polar surface area (TPSA) is 46.5 Å². The molecule has 0 heterocycles. The Bertz CT molecular complexity index is 883. The minimum atomic E-state index is -0.966. The van der Waals surface area contributed by atoms with Crippen LogP contribution in [0.2, 0.25) is 0 Å². The van der Waals surface area contributed by atoms with Gasteiger partial charge in [-0.2, -0.15) is 0 Å². The van der Waals surface area contributed by atoms with Gasteiger partial charge in [-0.3, -0.25) is 0 Å². The van der Waals surface area contributed by atoms with Gasteiger partial charge in [0.15, 0.2) is 0 Å². The van der Waals surface area contributed by atoms with Crippen molar-refractivity contribution >= 4 is 5.97 Å². The average molecular weight is 318 g/mol. The second-order valence-corrected chi connectivity index (χ2v) is 5.65. The average Bonchev–Trinajstić information content (AvgIpc) is 2.62. The van der Waals surface area contributed by atoms with Crippen LogP contribution in [0.4, 0.5) is 0 Å². The summed E-state index contributed by atoms with van der Waals surface area (Å²) in [5.74, 6) is -0.429. The minimum Gasteiger partial charge on any atom is -0.497 e. The molecule has 3 heteroatoms. The van der Waals surface area contributed by atoms with Crippen LogP contribution in [0.5, 0.6) is 5.75 Å². The normalized spacial score (nSPS) is 10.4. The highest BCUT2D eigenvalue weighted by Crippen LogP contribution is 2.32. The van der Waals surface area contributed by atoms with Gasteiger partial charge in [-0.25, -0.2) is 4.79 Å². The molecule has 0 aliphatic rings. The Hall–Kier alpha value is -3.07. The van der Waals surface area contributed by atoms with Gasteiger partial charge in [-0.05, 0) is 59.0 Å². The Morgan fingerprint density at radius 1 is 0.875 bits per heavy atom. The van der Waals surface area contributed by atoms with E-state index in [0.717, 1.165) is 27.8 Å². The molecule has 0 unspecified atom stereocenters. The molecule has 0 spiro atoms. The third kappa shape index (κ3) is 3.15. The molecule has 3 aromatic carbocycles. The first kappa shape index (κ1) is 15.8. The number of hydrogen-bond acceptors (Lipinski definition) is 2.